The van der Waals surface area contributed by atoms with E-state index in [0.29, 0.717) is 10.7 Å². The number of pyridine rings is 1. The van der Waals surface area contributed by atoms with Gasteiger partial charge in [-0.1, -0.05) is 16.9 Å². The molecule has 1 aromatic rings. The normalized spacial score (nSPS) is 24.0. The lowest BCUT2D eigenvalue weighted by Gasteiger charge is -2.51. The molecule has 1 fully saturated rings. The van der Waals surface area contributed by atoms with Gasteiger partial charge in [0, 0.05) is 46.0 Å². The fraction of sp³-hybridized carbons (Fsp3) is 0.471. The standard InChI is InChI=1S/C17H20N4O4S3/c1-17(20-25)15(24)21-13(14(22)23)12(9-27-16(17)21)28-11-3-4-19-7-10(11)8-26-6-5-18-2/h3-4,7,16,18H,5-6,8-9H2,1-2H3,(H,22,23)/t16-,17?/m1/s1. The molecule has 2 atom stereocenters. The molecule has 2 N–H and O–H groups in total. The van der Waals surface area contributed by atoms with Crippen LogP contribution in [0, 0.1) is 4.91 Å². The summed E-state index contributed by atoms with van der Waals surface area (Å²) < 4.78 is 0. The highest BCUT2D eigenvalue weighted by Gasteiger charge is 2.63. The Morgan fingerprint density at radius 2 is 2.36 bits per heavy atom. The second-order valence-corrected chi connectivity index (χ2v) is 9.71. The molecule has 11 heteroatoms. The zero-order valence-electron chi connectivity index (χ0n) is 15.4. The number of thioether (sulfide) groups is 3. The molecule has 1 amide bonds. The smallest absolute Gasteiger partial charge is 0.353 e. The van der Waals surface area contributed by atoms with Gasteiger partial charge < -0.3 is 10.4 Å². The SMILES string of the molecule is CNCCSCc1cnccc1SC1=C(C(=O)O)N2C(=O)C(C)(N=O)[C@H]2SC1. The average molecular weight is 441 g/mol. The molecule has 0 saturated carbocycles. The molecule has 28 heavy (non-hydrogen) atoms. The van der Waals surface area contributed by atoms with Crippen LogP contribution < -0.4 is 5.32 Å². The number of carbonyl (C=O) groups is 2. The maximum atomic E-state index is 12.4. The number of nitrogens with zero attached hydrogens (tertiary/aromatic N) is 3. The number of nitrogens with one attached hydrogen (secondary N) is 1. The number of carboxylic acids is 1. The number of amides is 1. The van der Waals surface area contributed by atoms with Crippen molar-refractivity contribution in [2.24, 2.45) is 5.18 Å². The lowest BCUT2D eigenvalue weighted by molar-refractivity contribution is -0.153. The van der Waals surface area contributed by atoms with Crippen LogP contribution in [-0.2, 0) is 15.3 Å². The van der Waals surface area contributed by atoms with Crippen molar-refractivity contribution in [2.75, 3.05) is 25.1 Å². The van der Waals surface area contributed by atoms with E-state index in [1.165, 1.54) is 35.3 Å². The second-order valence-electron chi connectivity index (χ2n) is 6.40. The first-order chi connectivity index (χ1) is 13.4. The number of carboxylic acid groups (broad SMARTS) is 1. The van der Waals surface area contributed by atoms with Crippen LogP contribution in [-0.4, -0.2) is 62.9 Å². The molecule has 0 bridgehead atoms. The van der Waals surface area contributed by atoms with Crippen molar-refractivity contribution in [3.05, 3.63) is 39.5 Å². The molecule has 150 valence electrons. The van der Waals surface area contributed by atoms with Crippen molar-refractivity contribution in [1.29, 1.82) is 0 Å². The minimum atomic E-state index is -1.40. The van der Waals surface area contributed by atoms with E-state index >= 15 is 0 Å². The number of aliphatic carboxylic acids is 1. The quantitative estimate of drug-likeness (QED) is 0.339. The largest absolute Gasteiger partial charge is 0.477 e. The maximum Gasteiger partial charge on any atom is 0.353 e. The van der Waals surface area contributed by atoms with Crippen LogP contribution in [0.4, 0.5) is 0 Å². The van der Waals surface area contributed by atoms with Crippen LogP contribution in [0.5, 0.6) is 0 Å². The molecule has 1 aromatic heterocycles. The Bertz CT molecular complexity index is 834. The number of hydrogen-bond donors (Lipinski definition) is 2. The van der Waals surface area contributed by atoms with Gasteiger partial charge in [0.2, 0.25) is 5.54 Å². The van der Waals surface area contributed by atoms with Gasteiger partial charge in [-0.3, -0.25) is 14.7 Å². The van der Waals surface area contributed by atoms with E-state index < -0.39 is 22.8 Å². The van der Waals surface area contributed by atoms with E-state index in [0.717, 1.165) is 28.5 Å². The predicted octanol–water partition coefficient (Wildman–Crippen LogP) is 2.36. The van der Waals surface area contributed by atoms with Crippen molar-refractivity contribution < 1.29 is 14.7 Å². The Labute approximate surface area is 175 Å². The Balaban J connectivity index is 1.85. The summed E-state index contributed by atoms with van der Waals surface area (Å²) in [7, 11) is 1.90. The van der Waals surface area contributed by atoms with Crippen molar-refractivity contribution in [3.8, 4) is 0 Å². The molecule has 3 rings (SSSR count). The summed E-state index contributed by atoms with van der Waals surface area (Å²) in [6.45, 7) is 2.36. The third-order valence-electron chi connectivity index (χ3n) is 4.48. The minimum absolute atomic E-state index is 0.0505. The van der Waals surface area contributed by atoms with E-state index in [1.54, 1.807) is 24.2 Å². The average Bonchev–Trinajstić information content (AvgIpc) is 2.70. The number of hydrogen-bond acceptors (Lipinski definition) is 9. The predicted molar refractivity (Wildman–Crippen MR) is 112 cm³/mol. The molecule has 0 aromatic carbocycles. The van der Waals surface area contributed by atoms with Gasteiger partial charge in [0.1, 0.15) is 11.1 Å². The monoisotopic (exact) mass is 440 g/mol. The third kappa shape index (κ3) is 3.80. The van der Waals surface area contributed by atoms with E-state index in [9.17, 15) is 19.6 Å². The van der Waals surface area contributed by atoms with Gasteiger partial charge in [-0.05, 0) is 25.6 Å². The van der Waals surface area contributed by atoms with Gasteiger partial charge in [0.05, 0.1) is 0 Å². The van der Waals surface area contributed by atoms with E-state index in [-0.39, 0.29) is 5.70 Å². The first-order valence-corrected chi connectivity index (χ1v) is 11.5. The highest BCUT2D eigenvalue weighted by atomic mass is 32.2. The number of fused-ring (bicyclic) bond motifs is 1. The Morgan fingerprint density at radius 1 is 1.57 bits per heavy atom. The van der Waals surface area contributed by atoms with Crippen molar-refractivity contribution >= 4 is 47.2 Å². The fourth-order valence-electron chi connectivity index (χ4n) is 2.95. The minimum Gasteiger partial charge on any atom is -0.477 e. The Hall–Kier alpha value is -1.56. The Morgan fingerprint density at radius 3 is 3.04 bits per heavy atom. The molecule has 3 heterocycles. The van der Waals surface area contributed by atoms with Crippen molar-refractivity contribution in [1.82, 2.24) is 15.2 Å². The highest BCUT2D eigenvalue weighted by molar-refractivity contribution is 8.06. The summed E-state index contributed by atoms with van der Waals surface area (Å²) in [6.07, 6.45) is 3.46. The zero-order valence-corrected chi connectivity index (χ0v) is 17.8. The first kappa shape index (κ1) is 21.2. The van der Waals surface area contributed by atoms with Gasteiger partial charge in [0.25, 0.3) is 5.91 Å². The van der Waals surface area contributed by atoms with Crippen LogP contribution in [0.2, 0.25) is 0 Å². The van der Waals surface area contributed by atoms with Crippen LogP contribution >= 0.6 is 35.3 Å². The summed E-state index contributed by atoms with van der Waals surface area (Å²) in [4.78, 5) is 42.3. The van der Waals surface area contributed by atoms with Crippen molar-refractivity contribution in [3.63, 3.8) is 0 Å². The van der Waals surface area contributed by atoms with E-state index in [1.807, 2.05) is 13.1 Å². The van der Waals surface area contributed by atoms with Gasteiger partial charge in [-0.2, -0.15) is 11.8 Å². The van der Waals surface area contributed by atoms with Crippen LogP contribution in [0.3, 0.4) is 0 Å². The van der Waals surface area contributed by atoms with Gasteiger partial charge >= 0.3 is 5.97 Å². The van der Waals surface area contributed by atoms with E-state index in [4.69, 9.17) is 0 Å². The molecule has 1 saturated heterocycles. The number of nitroso groups, excluding NO2 is 1. The Kier molecular flexibility index (Phi) is 6.69. The molecule has 0 spiro atoms. The molecular formula is C17H20N4O4S3. The molecule has 0 aliphatic carbocycles. The summed E-state index contributed by atoms with van der Waals surface area (Å²) >= 11 is 4.48. The number of carbonyl (C=O) groups excluding carboxylic acids is 1. The topological polar surface area (TPSA) is 112 Å². The van der Waals surface area contributed by atoms with Gasteiger partial charge in [0.15, 0.2) is 0 Å². The molecular weight excluding hydrogens is 420 g/mol. The second kappa shape index (κ2) is 8.85. The summed E-state index contributed by atoms with van der Waals surface area (Å²) in [5.74, 6) is 0.385. The van der Waals surface area contributed by atoms with Crippen LogP contribution in [0.15, 0.2) is 39.1 Å². The fourth-order valence-corrected chi connectivity index (χ4v) is 6.62. The molecule has 2 aliphatic heterocycles. The molecule has 1 unspecified atom stereocenters. The first-order valence-electron chi connectivity index (χ1n) is 8.53. The van der Waals surface area contributed by atoms with Gasteiger partial charge in [-0.15, -0.1) is 16.7 Å². The lowest BCUT2D eigenvalue weighted by Crippen LogP contribution is -2.71. The third-order valence-corrected chi connectivity index (χ3v) is 8.32. The molecule has 2 aliphatic rings. The summed E-state index contributed by atoms with van der Waals surface area (Å²) in [5.41, 5.74) is -0.425. The van der Waals surface area contributed by atoms with Crippen LogP contribution in [0.1, 0.15) is 12.5 Å². The molecule has 8 nitrogen and oxygen atoms in total. The zero-order chi connectivity index (χ0) is 20.3. The van der Waals surface area contributed by atoms with E-state index in [2.05, 4.69) is 15.5 Å². The molecule has 0 radical (unpaired) electrons. The van der Waals surface area contributed by atoms with Crippen molar-refractivity contribution in [2.45, 2.75) is 28.5 Å². The number of rotatable bonds is 9. The number of aromatic nitrogens is 1. The lowest BCUT2D eigenvalue weighted by atomic mass is 9.90. The maximum absolute atomic E-state index is 12.4. The summed E-state index contributed by atoms with van der Waals surface area (Å²) in [6, 6.07) is 1.86. The summed E-state index contributed by atoms with van der Waals surface area (Å²) in [5, 5.41) is 15.2. The van der Waals surface area contributed by atoms with Crippen LogP contribution in [0.25, 0.3) is 0 Å². The number of β-lactam (4-membered cyclic amide) rings is 1. The highest BCUT2D eigenvalue weighted by Crippen LogP contribution is 2.50. The van der Waals surface area contributed by atoms with Gasteiger partial charge in [-0.25, -0.2) is 4.79 Å².